The van der Waals surface area contributed by atoms with E-state index in [2.05, 4.69) is 20.6 Å². The molecule has 0 spiro atoms. The average Bonchev–Trinajstić information content (AvgIpc) is 3.15. The molecule has 3 aromatic rings. The number of carbonyl (C=O) groups excluding carboxylic acids is 1. The lowest BCUT2D eigenvalue weighted by Gasteiger charge is -2.26. The summed E-state index contributed by atoms with van der Waals surface area (Å²) in [4.78, 5) is 14.7. The number of rotatable bonds is 7. The number of amides is 2. The summed E-state index contributed by atoms with van der Waals surface area (Å²) in [6, 6.07) is 7.15. The number of ether oxygens (including phenoxy) is 2. The van der Waals surface area contributed by atoms with Crippen molar-refractivity contribution in [1.82, 2.24) is 14.7 Å². The summed E-state index contributed by atoms with van der Waals surface area (Å²) < 4.78 is 40.3. The van der Waals surface area contributed by atoms with E-state index in [1.807, 2.05) is 0 Å². The van der Waals surface area contributed by atoms with E-state index < -0.39 is 17.7 Å². The molecule has 180 valence electrons. The molecule has 0 atom stereocenters. The lowest BCUT2D eigenvalue weighted by molar-refractivity contribution is 0.0323. The molecule has 1 aromatic heterocycles. The number of morpholine rings is 1. The van der Waals surface area contributed by atoms with E-state index in [9.17, 15) is 13.6 Å². The maximum absolute atomic E-state index is 13.9. The number of halogens is 3. The van der Waals surface area contributed by atoms with Crippen molar-refractivity contribution in [1.29, 1.82) is 0 Å². The van der Waals surface area contributed by atoms with Crippen LogP contribution in [0.25, 0.3) is 11.3 Å². The Morgan fingerprint density at radius 2 is 1.97 bits per heavy atom. The molecule has 0 bridgehead atoms. The monoisotopic (exact) mass is 491 g/mol. The molecule has 11 heteroatoms. The minimum absolute atomic E-state index is 0.268. The molecule has 0 unspecified atom stereocenters. The van der Waals surface area contributed by atoms with Gasteiger partial charge in [-0.25, -0.2) is 13.6 Å². The number of nitrogens with one attached hydrogen (secondary N) is 2. The molecule has 2 heterocycles. The molecular weight excluding hydrogens is 468 g/mol. The zero-order chi connectivity index (χ0) is 24.1. The van der Waals surface area contributed by atoms with E-state index >= 15 is 0 Å². The van der Waals surface area contributed by atoms with Crippen LogP contribution in [0.15, 0.2) is 42.6 Å². The van der Waals surface area contributed by atoms with Crippen molar-refractivity contribution in [3.8, 4) is 17.0 Å². The first-order chi connectivity index (χ1) is 16.4. The summed E-state index contributed by atoms with van der Waals surface area (Å²) in [6.45, 7) is 4.31. The number of urea groups is 1. The Morgan fingerprint density at radius 1 is 1.18 bits per heavy atom. The first kappa shape index (κ1) is 23.9. The second-order valence-electron chi connectivity index (χ2n) is 7.68. The number of carbonyl (C=O) groups is 1. The summed E-state index contributed by atoms with van der Waals surface area (Å²) in [5, 5.41) is 9.53. The standard InChI is InChI=1S/C23H24ClF2N5O3/c1-30-22(18(24)14-27-30)17-13-16(28-23(32)29-20-12-15(25)2-4-19(20)26)3-5-21(17)34-11-8-31-6-9-33-10-7-31/h2-5,12-14H,6-11H2,1H3,(H2,28,29,32). The number of hydrogen-bond acceptors (Lipinski definition) is 5. The maximum atomic E-state index is 13.9. The van der Waals surface area contributed by atoms with Crippen LogP contribution >= 0.6 is 11.6 Å². The molecule has 1 aliphatic heterocycles. The van der Waals surface area contributed by atoms with Crippen LogP contribution in [0, 0.1) is 11.6 Å². The molecule has 34 heavy (non-hydrogen) atoms. The number of anilines is 2. The van der Waals surface area contributed by atoms with Gasteiger partial charge in [-0.05, 0) is 30.3 Å². The third kappa shape index (κ3) is 5.82. The normalized spacial score (nSPS) is 14.1. The van der Waals surface area contributed by atoms with Crippen molar-refractivity contribution in [2.75, 3.05) is 50.1 Å². The van der Waals surface area contributed by atoms with Crippen molar-refractivity contribution >= 4 is 29.0 Å². The van der Waals surface area contributed by atoms with Gasteiger partial charge in [0, 0.05) is 44.0 Å². The molecule has 2 amide bonds. The Morgan fingerprint density at radius 3 is 2.71 bits per heavy atom. The summed E-state index contributed by atoms with van der Waals surface area (Å²) in [5.41, 5.74) is 1.38. The van der Waals surface area contributed by atoms with Gasteiger partial charge in [-0.3, -0.25) is 9.58 Å². The van der Waals surface area contributed by atoms with Crippen molar-refractivity contribution in [2.45, 2.75) is 0 Å². The predicted octanol–water partition coefficient (Wildman–Crippen LogP) is 4.37. The van der Waals surface area contributed by atoms with Crippen molar-refractivity contribution in [3.05, 3.63) is 59.3 Å². The Labute approximate surface area is 200 Å². The van der Waals surface area contributed by atoms with Gasteiger partial charge in [0.15, 0.2) is 0 Å². The van der Waals surface area contributed by atoms with Gasteiger partial charge >= 0.3 is 6.03 Å². The van der Waals surface area contributed by atoms with Gasteiger partial charge in [-0.2, -0.15) is 5.10 Å². The second kappa shape index (κ2) is 10.8. The van der Waals surface area contributed by atoms with Crippen LogP contribution in [-0.2, 0) is 11.8 Å². The van der Waals surface area contributed by atoms with E-state index in [0.29, 0.717) is 47.5 Å². The summed E-state index contributed by atoms with van der Waals surface area (Å²) in [6.07, 6.45) is 1.52. The number of aromatic nitrogens is 2. The van der Waals surface area contributed by atoms with Gasteiger partial charge in [-0.1, -0.05) is 11.6 Å². The molecule has 2 N–H and O–H groups in total. The fourth-order valence-corrected chi connectivity index (χ4v) is 3.89. The lowest BCUT2D eigenvalue weighted by atomic mass is 10.1. The Balaban J connectivity index is 1.51. The predicted molar refractivity (Wildman–Crippen MR) is 125 cm³/mol. The molecule has 1 fully saturated rings. The quantitative estimate of drug-likeness (QED) is 0.513. The highest BCUT2D eigenvalue weighted by Crippen LogP contribution is 2.36. The summed E-state index contributed by atoms with van der Waals surface area (Å²) in [5.74, 6) is -0.841. The Kier molecular flexibility index (Phi) is 7.61. The van der Waals surface area contributed by atoms with E-state index in [4.69, 9.17) is 21.1 Å². The lowest BCUT2D eigenvalue weighted by Crippen LogP contribution is -2.38. The molecule has 1 saturated heterocycles. The van der Waals surface area contributed by atoms with Gasteiger partial charge < -0.3 is 20.1 Å². The minimum Gasteiger partial charge on any atom is -0.492 e. The molecule has 0 radical (unpaired) electrons. The number of benzene rings is 2. The highest BCUT2D eigenvalue weighted by molar-refractivity contribution is 6.33. The van der Waals surface area contributed by atoms with E-state index in [0.717, 1.165) is 37.8 Å². The van der Waals surface area contributed by atoms with Gasteiger partial charge in [-0.15, -0.1) is 0 Å². The maximum Gasteiger partial charge on any atom is 0.323 e. The Bertz CT molecular complexity index is 1150. The van der Waals surface area contributed by atoms with Crippen molar-refractivity contribution in [3.63, 3.8) is 0 Å². The van der Waals surface area contributed by atoms with Crippen molar-refractivity contribution < 1.29 is 23.0 Å². The van der Waals surface area contributed by atoms with Crippen LogP contribution in [0.5, 0.6) is 5.75 Å². The average molecular weight is 492 g/mol. The van der Waals surface area contributed by atoms with Crippen LogP contribution in [0.1, 0.15) is 0 Å². The molecule has 8 nitrogen and oxygen atoms in total. The van der Waals surface area contributed by atoms with Gasteiger partial charge in [0.25, 0.3) is 0 Å². The van der Waals surface area contributed by atoms with E-state index in [1.54, 1.807) is 29.9 Å². The molecule has 1 aliphatic rings. The molecule has 4 rings (SSSR count). The number of nitrogens with zero attached hydrogens (tertiary/aromatic N) is 3. The van der Waals surface area contributed by atoms with E-state index in [1.165, 1.54) is 6.20 Å². The zero-order valence-corrected chi connectivity index (χ0v) is 19.2. The molecular formula is C23H24ClF2N5O3. The smallest absolute Gasteiger partial charge is 0.323 e. The highest BCUT2D eigenvalue weighted by Gasteiger charge is 2.18. The largest absolute Gasteiger partial charge is 0.492 e. The van der Waals surface area contributed by atoms with Crippen molar-refractivity contribution in [2.24, 2.45) is 7.05 Å². The van der Waals surface area contributed by atoms with Crippen LogP contribution in [0.2, 0.25) is 5.02 Å². The summed E-state index contributed by atoms with van der Waals surface area (Å²) in [7, 11) is 1.75. The number of aryl methyl sites for hydroxylation is 1. The molecule has 2 aromatic carbocycles. The van der Waals surface area contributed by atoms with Gasteiger partial charge in [0.2, 0.25) is 0 Å². The van der Waals surface area contributed by atoms with Gasteiger partial charge in [0.05, 0.1) is 35.8 Å². The van der Waals surface area contributed by atoms with Crippen LogP contribution in [-0.4, -0.2) is 60.2 Å². The second-order valence-corrected chi connectivity index (χ2v) is 8.09. The summed E-state index contributed by atoms with van der Waals surface area (Å²) >= 11 is 6.37. The van der Waals surface area contributed by atoms with Crippen LogP contribution in [0.3, 0.4) is 0 Å². The topological polar surface area (TPSA) is 80.7 Å². The number of hydrogen-bond donors (Lipinski definition) is 2. The van der Waals surface area contributed by atoms with E-state index in [-0.39, 0.29) is 5.69 Å². The van der Waals surface area contributed by atoms with Gasteiger partial charge in [0.1, 0.15) is 24.0 Å². The molecule has 0 saturated carbocycles. The minimum atomic E-state index is -0.747. The molecule has 0 aliphatic carbocycles. The Hall–Kier alpha value is -3.21. The fourth-order valence-electron chi connectivity index (χ4n) is 3.62. The zero-order valence-electron chi connectivity index (χ0n) is 18.5. The fraction of sp³-hybridized carbons (Fsp3) is 0.304. The SMILES string of the molecule is Cn1ncc(Cl)c1-c1cc(NC(=O)Nc2cc(F)ccc2F)ccc1OCCN1CCOCC1. The van der Waals surface area contributed by atoms with Crippen LogP contribution in [0.4, 0.5) is 25.0 Å². The third-order valence-electron chi connectivity index (χ3n) is 5.33. The first-order valence-corrected chi connectivity index (χ1v) is 11.1. The van der Waals surface area contributed by atoms with Crippen LogP contribution < -0.4 is 15.4 Å². The highest BCUT2D eigenvalue weighted by atomic mass is 35.5. The first-order valence-electron chi connectivity index (χ1n) is 10.7. The third-order valence-corrected chi connectivity index (χ3v) is 5.61.